The number of hydrogen-bond donors (Lipinski definition) is 2. The van der Waals surface area contributed by atoms with Crippen molar-refractivity contribution in [1.29, 1.82) is 5.26 Å². The van der Waals surface area contributed by atoms with Crippen LogP contribution in [0.5, 0.6) is 0 Å². The van der Waals surface area contributed by atoms with E-state index in [1.807, 2.05) is 24.8 Å². The fourth-order valence-corrected chi connectivity index (χ4v) is 4.23. The first-order valence-corrected chi connectivity index (χ1v) is 10.4. The summed E-state index contributed by atoms with van der Waals surface area (Å²) in [7, 11) is 0. The number of anilines is 1. The van der Waals surface area contributed by atoms with Crippen molar-refractivity contribution in [2.24, 2.45) is 11.7 Å². The van der Waals surface area contributed by atoms with Crippen LogP contribution in [0, 0.1) is 28.9 Å². The van der Waals surface area contributed by atoms with E-state index in [1.54, 1.807) is 0 Å². The van der Waals surface area contributed by atoms with Gasteiger partial charge in [-0.3, -0.25) is 4.79 Å². The molecule has 0 unspecified atom stereocenters. The summed E-state index contributed by atoms with van der Waals surface area (Å²) >= 11 is 0. The molecule has 2 aliphatic rings. The van der Waals surface area contributed by atoms with Gasteiger partial charge in [0.05, 0.1) is 11.3 Å². The summed E-state index contributed by atoms with van der Waals surface area (Å²) in [5.74, 6) is -1.41. The number of hydrogen-bond acceptors (Lipinski definition) is 5. The molecule has 6 nitrogen and oxygen atoms in total. The molecule has 0 bridgehead atoms. The van der Waals surface area contributed by atoms with E-state index in [1.165, 1.54) is 6.20 Å². The van der Waals surface area contributed by atoms with Crippen molar-refractivity contribution >= 4 is 25.1 Å². The molecule has 1 aliphatic carbocycles. The number of aromatic nitrogens is 1. The van der Waals surface area contributed by atoms with Gasteiger partial charge < -0.3 is 16.0 Å². The highest BCUT2D eigenvalue weighted by Crippen LogP contribution is 2.40. The SMILES string of the molecule is C[C@H](NC(=O)c1cnc(C#N)c(-c2cc(F)cc(F)c2)c1N1CC[C@](C)(N)C1)C1CC1.S. The largest absolute Gasteiger partial charge is 0.368 e. The number of nitrogens with one attached hydrogen (secondary N) is 1. The Bertz CT molecular complexity index is 1060. The Balaban J connectivity index is 0.00000289. The first-order chi connectivity index (χ1) is 14.7. The molecule has 1 aromatic heterocycles. The number of rotatable bonds is 5. The van der Waals surface area contributed by atoms with Crippen LogP contribution in [-0.4, -0.2) is 35.6 Å². The minimum Gasteiger partial charge on any atom is -0.368 e. The van der Waals surface area contributed by atoms with Crippen molar-refractivity contribution in [3.8, 4) is 17.2 Å². The molecule has 1 amide bonds. The van der Waals surface area contributed by atoms with E-state index in [2.05, 4.69) is 10.3 Å². The molecular weight excluding hydrogens is 432 g/mol. The molecule has 9 heteroatoms. The Morgan fingerprint density at radius 2 is 2.00 bits per heavy atom. The predicted molar refractivity (Wildman–Crippen MR) is 124 cm³/mol. The molecule has 32 heavy (non-hydrogen) atoms. The lowest BCUT2D eigenvalue weighted by Gasteiger charge is -2.27. The van der Waals surface area contributed by atoms with E-state index in [-0.39, 0.29) is 47.8 Å². The highest BCUT2D eigenvalue weighted by Gasteiger charge is 2.36. The number of carbonyl (C=O) groups excluding carboxylic acids is 1. The molecule has 4 rings (SSSR count). The average Bonchev–Trinajstić information content (AvgIpc) is 3.49. The van der Waals surface area contributed by atoms with Crippen LogP contribution < -0.4 is 16.0 Å². The number of halogens is 2. The lowest BCUT2D eigenvalue weighted by molar-refractivity contribution is 0.0936. The number of nitrogens with two attached hydrogens (primary N) is 1. The number of amides is 1. The quantitative estimate of drug-likeness (QED) is 0.714. The predicted octanol–water partition coefficient (Wildman–Crippen LogP) is 3.47. The second-order valence-electron chi connectivity index (χ2n) is 8.94. The van der Waals surface area contributed by atoms with Crippen molar-refractivity contribution in [2.45, 2.75) is 44.7 Å². The van der Waals surface area contributed by atoms with Crippen LogP contribution in [0.2, 0.25) is 0 Å². The maximum Gasteiger partial charge on any atom is 0.255 e. The summed E-state index contributed by atoms with van der Waals surface area (Å²) < 4.78 is 28.1. The van der Waals surface area contributed by atoms with Crippen molar-refractivity contribution < 1.29 is 13.6 Å². The third-order valence-corrected chi connectivity index (χ3v) is 6.06. The van der Waals surface area contributed by atoms with Gasteiger partial charge in [-0.25, -0.2) is 13.8 Å². The summed E-state index contributed by atoms with van der Waals surface area (Å²) in [6.45, 7) is 4.86. The molecule has 2 aromatic rings. The van der Waals surface area contributed by atoms with Crippen molar-refractivity contribution in [2.75, 3.05) is 18.0 Å². The fourth-order valence-electron chi connectivity index (χ4n) is 4.23. The van der Waals surface area contributed by atoms with E-state index >= 15 is 0 Å². The Morgan fingerprint density at radius 3 is 2.53 bits per heavy atom. The van der Waals surface area contributed by atoms with Gasteiger partial charge in [-0.2, -0.15) is 18.8 Å². The Morgan fingerprint density at radius 1 is 1.34 bits per heavy atom. The lowest BCUT2D eigenvalue weighted by Crippen LogP contribution is -2.40. The number of pyridine rings is 1. The van der Waals surface area contributed by atoms with Crippen LogP contribution >= 0.6 is 13.5 Å². The summed E-state index contributed by atoms with van der Waals surface area (Å²) in [6.07, 6.45) is 4.19. The number of carbonyl (C=O) groups is 1. The molecule has 2 heterocycles. The van der Waals surface area contributed by atoms with E-state index in [4.69, 9.17) is 5.73 Å². The van der Waals surface area contributed by atoms with Gasteiger partial charge >= 0.3 is 0 Å². The molecule has 1 aliphatic heterocycles. The van der Waals surface area contributed by atoms with Gasteiger partial charge in [-0.15, -0.1) is 0 Å². The van der Waals surface area contributed by atoms with Gasteiger partial charge in [0.25, 0.3) is 5.91 Å². The first-order valence-electron chi connectivity index (χ1n) is 10.4. The fraction of sp³-hybridized carbons (Fsp3) is 0.435. The molecule has 3 N–H and O–H groups in total. The third-order valence-electron chi connectivity index (χ3n) is 6.06. The second-order valence-corrected chi connectivity index (χ2v) is 8.94. The zero-order valence-corrected chi connectivity index (χ0v) is 19.1. The smallest absolute Gasteiger partial charge is 0.255 e. The molecule has 2 atom stereocenters. The molecule has 1 aromatic carbocycles. The van der Waals surface area contributed by atoms with Gasteiger partial charge in [0.2, 0.25) is 0 Å². The Labute approximate surface area is 193 Å². The van der Waals surface area contributed by atoms with Gasteiger partial charge in [0, 0.05) is 42.5 Å². The lowest BCUT2D eigenvalue weighted by atomic mass is 9.97. The zero-order chi connectivity index (χ0) is 22.3. The van der Waals surface area contributed by atoms with E-state index in [9.17, 15) is 18.8 Å². The summed E-state index contributed by atoms with van der Waals surface area (Å²) in [5, 5.41) is 12.7. The summed E-state index contributed by atoms with van der Waals surface area (Å²) in [4.78, 5) is 19.3. The number of benzene rings is 1. The van der Waals surface area contributed by atoms with E-state index in [0.717, 1.165) is 31.0 Å². The van der Waals surface area contributed by atoms with Crippen LogP contribution in [0.25, 0.3) is 11.1 Å². The van der Waals surface area contributed by atoms with Crippen molar-refractivity contribution in [3.63, 3.8) is 0 Å². The molecule has 170 valence electrons. The molecule has 0 spiro atoms. The molecule has 2 fully saturated rings. The Hall–Kier alpha value is -2.70. The molecule has 1 saturated carbocycles. The van der Waals surface area contributed by atoms with Crippen LogP contribution in [-0.2, 0) is 0 Å². The standard InChI is InChI=1S/C23H25F2N5O.H2S/c1-13(14-3-4-14)29-22(31)18-11-28-19(10-26)20(15-7-16(24)9-17(25)8-15)21(18)30-6-5-23(2,27)12-30;/h7-9,11,13-14H,3-6,12,27H2,1-2H3,(H,29,31);1H2/t13-,23-;/m0./s1. The van der Waals surface area contributed by atoms with Crippen molar-refractivity contribution in [1.82, 2.24) is 10.3 Å². The third kappa shape index (κ3) is 4.87. The minimum atomic E-state index is -0.771. The number of nitriles is 1. The van der Waals surface area contributed by atoms with Crippen LogP contribution in [0.1, 0.15) is 49.2 Å². The highest BCUT2D eigenvalue weighted by atomic mass is 32.1. The van der Waals surface area contributed by atoms with Gasteiger partial charge in [0.1, 0.15) is 23.4 Å². The van der Waals surface area contributed by atoms with Gasteiger partial charge in [0.15, 0.2) is 0 Å². The van der Waals surface area contributed by atoms with Gasteiger partial charge in [-0.1, -0.05) is 0 Å². The maximum atomic E-state index is 14.1. The summed E-state index contributed by atoms with van der Waals surface area (Å²) in [6, 6.07) is 5.08. The van der Waals surface area contributed by atoms with E-state index in [0.29, 0.717) is 31.1 Å². The Kier molecular flexibility index (Phi) is 6.77. The zero-order valence-electron chi connectivity index (χ0n) is 18.1. The topological polar surface area (TPSA) is 95.0 Å². The second kappa shape index (κ2) is 9.04. The normalized spacial score (nSPS) is 20.9. The van der Waals surface area contributed by atoms with Crippen LogP contribution in [0.4, 0.5) is 14.5 Å². The first kappa shape index (κ1) is 24.0. The van der Waals surface area contributed by atoms with Gasteiger partial charge in [-0.05, 0) is 56.7 Å². The van der Waals surface area contributed by atoms with Crippen LogP contribution in [0.3, 0.4) is 0 Å². The highest BCUT2D eigenvalue weighted by molar-refractivity contribution is 7.59. The summed E-state index contributed by atoms with van der Waals surface area (Å²) in [5.41, 5.74) is 6.94. The maximum absolute atomic E-state index is 14.1. The average molecular weight is 460 g/mol. The van der Waals surface area contributed by atoms with Crippen LogP contribution in [0.15, 0.2) is 24.4 Å². The molecule has 1 saturated heterocycles. The minimum absolute atomic E-state index is 0. The van der Waals surface area contributed by atoms with E-state index < -0.39 is 17.2 Å². The molecule has 0 radical (unpaired) electrons. The molecular formula is C23H27F2N5OS. The number of nitrogens with zero attached hydrogens (tertiary/aromatic N) is 3. The monoisotopic (exact) mass is 459 g/mol. The van der Waals surface area contributed by atoms with Crippen molar-refractivity contribution in [3.05, 3.63) is 47.3 Å².